The Morgan fingerprint density at radius 2 is 2.12 bits per heavy atom. The highest BCUT2D eigenvalue weighted by Gasteiger charge is 2.34. The van der Waals surface area contributed by atoms with Gasteiger partial charge in [-0.3, -0.25) is 4.90 Å². The van der Waals surface area contributed by atoms with E-state index in [0.717, 1.165) is 11.4 Å². The van der Waals surface area contributed by atoms with Gasteiger partial charge in [0.25, 0.3) is 0 Å². The van der Waals surface area contributed by atoms with Crippen molar-refractivity contribution in [2.45, 2.75) is 51.1 Å². The van der Waals surface area contributed by atoms with Gasteiger partial charge in [-0.1, -0.05) is 6.42 Å². The molecule has 0 amide bonds. The summed E-state index contributed by atoms with van der Waals surface area (Å²) in [7, 11) is 0. The van der Waals surface area contributed by atoms with Gasteiger partial charge in [-0.15, -0.1) is 11.3 Å². The molecule has 1 fully saturated rings. The number of hydrogen-bond donors (Lipinski definition) is 1. The molecule has 3 nitrogen and oxygen atoms in total. The number of nitrogens with zero attached hydrogens (tertiary/aromatic N) is 2. The lowest BCUT2D eigenvalue weighted by atomic mass is 9.89. The van der Waals surface area contributed by atoms with Crippen LogP contribution in [0.3, 0.4) is 0 Å². The Morgan fingerprint density at radius 1 is 1.41 bits per heavy atom. The molecule has 4 heteroatoms. The highest BCUT2D eigenvalue weighted by atomic mass is 32.1. The van der Waals surface area contributed by atoms with Gasteiger partial charge in [0.05, 0.1) is 5.01 Å². The van der Waals surface area contributed by atoms with E-state index in [-0.39, 0.29) is 11.6 Å². The number of likely N-dealkylation sites (tertiary alicyclic amines) is 1. The second-order valence-electron chi connectivity index (χ2n) is 5.44. The Kier molecular flexibility index (Phi) is 4.17. The molecule has 17 heavy (non-hydrogen) atoms. The van der Waals surface area contributed by atoms with Crippen LogP contribution in [0.2, 0.25) is 0 Å². The van der Waals surface area contributed by atoms with Crippen LogP contribution < -0.4 is 5.73 Å². The molecule has 1 saturated heterocycles. The van der Waals surface area contributed by atoms with Gasteiger partial charge >= 0.3 is 0 Å². The van der Waals surface area contributed by atoms with Gasteiger partial charge in [0.15, 0.2) is 0 Å². The van der Waals surface area contributed by atoms with Crippen molar-refractivity contribution in [3.63, 3.8) is 0 Å². The van der Waals surface area contributed by atoms with Crippen molar-refractivity contribution in [3.05, 3.63) is 16.6 Å². The zero-order valence-corrected chi connectivity index (χ0v) is 11.7. The molecule has 0 spiro atoms. The van der Waals surface area contributed by atoms with Gasteiger partial charge in [-0.25, -0.2) is 4.98 Å². The fourth-order valence-corrected chi connectivity index (χ4v) is 3.17. The molecule has 2 heterocycles. The summed E-state index contributed by atoms with van der Waals surface area (Å²) in [5.41, 5.74) is 6.47. The van der Waals surface area contributed by atoms with Crippen molar-refractivity contribution in [2.75, 3.05) is 13.1 Å². The van der Waals surface area contributed by atoms with Crippen molar-refractivity contribution in [2.24, 2.45) is 5.73 Å². The molecule has 0 bridgehead atoms. The fraction of sp³-hybridized carbons (Fsp3) is 0.769. The first-order valence-electron chi connectivity index (χ1n) is 6.49. The number of hydrogen-bond acceptors (Lipinski definition) is 4. The highest BCUT2D eigenvalue weighted by Crippen LogP contribution is 2.25. The summed E-state index contributed by atoms with van der Waals surface area (Å²) in [6.07, 6.45) is 6.75. The van der Waals surface area contributed by atoms with Crippen LogP contribution in [0.15, 0.2) is 11.6 Å². The van der Waals surface area contributed by atoms with E-state index in [1.54, 1.807) is 11.3 Å². The number of thiazole rings is 1. The van der Waals surface area contributed by atoms with Crippen LogP contribution in [0.5, 0.6) is 0 Å². The zero-order chi connectivity index (χ0) is 12.3. The molecular weight excluding hydrogens is 230 g/mol. The fourth-order valence-electron chi connectivity index (χ4n) is 2.50. The molecule has 2 N–H and O–H groups in total. The molecule has 0 aliphatic carbocycles. The number of nitrogens with two attached hydrogens (primary N) is 1. The molecule has 0 radical (unpaired) electrons. The Morgan fingerprint density at radius 3 is 2.71 bits per heavy atom. The van der Waals surface area contributed by atoms with Gasteiger partial charge in [0.1, 0.15) is 0 Å². The molecular formula is C13H23N3S. The van der Waals surface area contributed by atoms with Gasteiger partial charge in [-0.05, 0) is 39.8 Å². The maximum atomic E-state index is 6.40. The molecule has 1 aliphatic rings. The van der Waals surface area contributed by atoms with Crippen LogP contribution in [0.1, 0.15) is 38.1 Å². The summed E-state index contributed by atoms with van der Waals surface area (Å²) in [6, 6.07) is 0.159. The molecule has 96 valence electrons. The maximum Gasteiger partial charge on any atom is 0.0940 e. The lowest BCUT2D eigenvalue weighted by Gasteiger charge is -2.44. The summed E-state index contributed by atoms with van der Waals surface area (Å²) >= 11 is 1.70. The van der Waals surface area contributed by atoms with E-state index < -0.39 is 0 Å². The number of rotatable bonds is 4. The van der Waals surface area contributed by atoms with Crippen LogP contribution in [0, 0.1) is 0 Å². The van der Waals surface area contributed by atoms with Crippen molar-refractivity contribution >= 4 is 11.3 Å². The van der Waals surface area contributed by atoms with Crippen LogP contribution >= 0.6 is 11.3 Å². The summed E-state index contributed by atoms with van der Waals surface area (Å²) in [5.74, 6) is 0. The second-order valence-corrected chi connectivity index (χ2v) is 6.42. The Bertz CT molecular complexity index is 328. The molecule has 1 aromatic rings. The second kappa shape index (κ2) is 5.46. The van der Waals surface area contributed by atoms with Gasteiger partial charge < -0.3 is 5.73 Å². The zero-order valence-electron chi connectivity index (χ0n) is 10.9. The van der Waals surface area contributed by atoms with Gasteiger partial charge in [0, 0.05) is 29.6 Å². The van der Waals surface area contributed by atoms with E-state index in [0.29, 0.717) is 0 Å². The smallest absolute Gasteiger partial charge is 0.0940 e. The normalized spacial score (nSPS) is 20.4. The monoisotopic (exact) mass is 253 g/mol. The first-order valence-corrected chi connectivity index (χ1v) is 7.37. The minimum Gasteiger partial charge on any atom is -0.326 e. The van der Waals surface area contributed by atoms with Crippen LogP contribution in [-0.2, 0) is 6.42 Å². The van der Waals surface area contributed by atoms with E-state index in [2.05, 4.69) is 23.7 Å². The van der Waals surface area contributed by atoms with Crippen LogP contribution in [-0.4, -0.2) is 34.6 Å². The number of piperidine rings is 1. The van der Waals surface area contributed by atoms with E-state index in [1.165, 1.54) is 32.4 Å². The third kappa shape index (κ3) is 3.06. The SMILES string of the molecule is CC(C)(C(N)Cc1nccs1)N1CCCCC1. The predicted octanol–water partition coefficient (Wildman–Crippen LogP) is 2.28. The minimum atomic E-state index is 0.0755. The molecule has 0 saturated carbocycles. The Labute approximate surface area is 108 Å². The average Bonchev–Trinajstić information content (AvgIpc) is 2.83. The van der Waals surface area contributed by atoms with Crippen LogP contribution in [0.4, 0.5) is 0 Å². The largest absolute Gasteiger partial charge is 0.326 e. The van der Waals surface area contributed by atoms with E-state index >= 15 is 0 Å². The predicted molar refractivity (Wildman–Crippen MR) is 73.3 cm³/mol. The summed E-state index contributed by atoms with van der Waals surface area (Å²) < 4.78 is 0. The number of aromatic nitrogens is 1. The summed E-state index contributed by atoms with van der Waals surface area (Å²) in [6.45, 7) is 6.93. The first-order chi connectivity index (χ1) is 8.10. The van der Waals surface area contributed by atoms with Crippen molar-refractivity contribution in [1.82, 2.24) is 9.88 Å². The van der Waals surface area contributed by atoms with E-state index in [1.807, 2.05) is 11.6 Å². The van der Waals surface area contributed by atoms with Crippen molar-refractivity contribution in [1.29, 1.82) is 0 Å². The van der Waals surface area contributed by atoms with Crippen molar-refractivity contribution in [3.8, 4) is 0 Å². The lowest BCUT2D eigenvalue weighted by Crippen LogP contribution is -2.58. The average molecular weight is 253 g/mol. The van der Waals surface area contributed by atoms with Gasteiger partial charge in [-0.2, -0.15) is 0 Å². The standard InChI is InChI=1S/C13H23N3S/c1-13(2,16-7-4-3-5-8-16)11(14)10-12-15-6-9-17-12/h6,9,11H,3-5,7-8,10,14H2,1-2H3. The van der Waals surface area contributed by atoms with Crippen molar-refractivity contribution < 1.29 is 0 Å². The summed E-state index contributed by atoms with van der Waals surface area (Å²) in [5, 5.41) is 3.18. The van der Waals surface area contributed by atoms with Gasteiger partial charge in [0.2, 0.25) is 0 Å². The third-order valence-corrected chi connectivity index (χ3v) is 4.76. The lowest BCUT2D eigenvalue weighted by molar-refractivity contribution is 0.0731. The van der Waals surface area contributed by atoms with E-state index in [4.69, 9.17) is 5.73 Å². The topological polar surface area (TPSA) is 42.1 Å². The molecule has 1 atom stereocenters. The maximum absolute atomic E-state index is 6.40. The quantitative estimate of drug-likeness (QED) is 0.895. The first kappa shape index (κ1) is 13.0. The molecule has 1 unspecified atom stereocenters. The Balaban J connectivity index is 1.98. The summed E-state index contributed by atoms with van der Waals surface area (Å²) in [4.78, 5) is 6.89. The molecule has 0 aromatic carbocycles. The Hall–Kier alpha value is -0.450. The molecule has 1 aromatic heterocycles. The van der Waals surface area contributed by atoms with Crippen LogP contribution in [0.25, 0.3) is 0 Å². The minimum absolute atomic E-state index is 0.0755. The molecule has 2 rings (SSSR count). The highest BCUT2D eigenvalue weighted by molar-refractivity contribution is 7.09. The molecule has 1 aliphatic heterocycles. The third-order valence-electron chi connectivity index (χ3n) is 3.96. The van der Waals surface area contributed by atoms with E-state index in [9.17, 15) is 0 Å².